The highest BCUT2D eigenvalue weighted by molar-refractivity contribution is 5.67. The van der Waals surface area contributed by atoms with Crippen LogP contribution in [0.4, 0.5) is 0 Å². The van der Waals surface area contributed by atoms with Crippen LogP contribution < -0.4 is 0 Å². The monoisotopic (exact) mass is 294 g/mol. The number of unbranched alkanes of at least 4 members (excludes halogenated alkanes) is 5. The van der Waals surface area contributed by atoms with Crippen molar-refractivity contribution in [2.45, 2.75) is 70.8 Å². The minimum Gasteiger partial charge on any atom is -0.481 e. The van der Waals surface area contributed by atoms with Crippen LogP contribution in [0.15, 0.2) is 36.5 Å². The first-order chi connectivity index (χ1) is 10.2. The topological polar surface area (TPSA) is 57.5 Å². The molecule has 0 aliphatic heterocycles. The second-order valence-electron chi connectivity index (χ2n) is 5.27. The van der Waals surface area contributed by atoms with Gasteiger partial charge in [0, 0.05) is 0 Å². The van der Waals surface area contributed by atoms with Crippen molar-refractivity contribution in [1.29, 1.82) is 0 Å². The van der Waals surface area contributed by atoms with Crippen LogP contribution in [0.3, 0.4) is 0 Å². The van der Waals surface area contributed by atoms with Gasteiger partial charge in [-0.3, -0.25) is 4.79 Å². The molecule has 0 fully saturated rings. The lowest BCUT2D eigenvalue weighted by molar-refractivity contribution is -0.139. The van der Waals surface area contributed by atoms with Crippen molar-refractivity contribution in [3.8, 4) is 0 Å². The van der Waals surface area contributed by atoms with Crippen molar-refractivity contribution >= 4 is 5.97 Å². The van der Waals surface area contributed by atoms with E-state index < -0.39 is 12.1 Å². The molecule has 0 amide bonds. The molecule has 0 aromatic rings. The Morgan fingerprint density at radius 2 is 1.57 bits per heavy atom. The average molecular weight is 294 g/mol. The number of carboxylic acid groups (broad SMARTS) is 1. The molecule has 3 nitrogen and oxygen atoms in total. The molecule has 0 saturated carbocycles. The third kappa shape index (κ3) is 16.6. The van der Waals surface area contributed by atoms with Crippen LogP contribution in [0.1, 0.15) is 64.7 Å². The standard InChI is InChI=1S/C18H30O3/c1-2-3-4-5-6-7-8-9-10-11-12-13-14-15-17(19)16-18(20)21/h5-10,17,19H,2-4,11-16H2,1H3,(H,20,21)/b6-5+,8-7+,10-9+. The molecule has 1 atom stereocenters. The zero-order valence-electron chi connectivity index (χ0n) is 13.2. The molecule has 120 valence electrons. The highest BCUT2D eigenvalue weighted by atomic mass is 16.4. The van der Waals surface area contributed by atoms with Crippen molar-refractivity contribution in [3.63, 3.8) is 0 Å². The first-order valence-electron chi connectivity index (χ1n) is 8.05. The Labute approximate surface area is 129 Å². The highest BCUT2D eigenvalue weighted by Crippen LogP contribution is 2.08. The Hall–Kier alpha value is -1.35. The largest absolute Gasteiger partial charge is 0.481 e. The van der Waals surface area contributed by atoms with Gasteiger partial charge in [0.25, 0.3) is 0 Å². The van der Waals surface area contributed by atoms with Gasteiger partial charge in [-0.2, -0.15) is 0 Å². The van der Waals surface area contributed by atoms with E-state index in [-0.39, 0.29) is 6.42 Å². The summed E-state index contributed by atoms with van der Waals surface area (Å²) in [6.45, 7) is 2.19. The predicted octanol–water partition coefficient (Wildman–Crippen LogP) is 4.63. The Bertz CT molecular complexity index is 329. The molecule has 0 saturated heterocycles. The Balaban J connectivity index is 3.42. The fourth-order valence-electron chi connectivity index (χ4n) is 1.92. The van der Waals surface area contributed by atoms with E-state index in [0.717, 1.165) is 32.1 Å². The molecular formula is C18H30O3. The number of aliphatic carboxylic acids is 1. The van der Waals surface area contributed by atoms with E-state index in [9.17, 15) is 9.90 Å². The lowest BCUT2D eigenvalue weighted by Gasteiger charge is -2.06. The van der Waals surface area contributed by atoms with Gasteiger partial charge in [0.2, 0.25) is 0 Å². The molecule has 0 spiro atoms. The molecule has 0 aromatic carbocycles. The normalized spacial score (nSPS) is 13.6. The number of carboxylic acids is 1. The van der Waals surface area contributed by atoms with Gasteiger partial charge in [-0.15, -0.1) is 0 Å². The number of hydrogen-bond donors (Lipinski definition) is 2. The molecule has 0 aliphatic carbocycles. The summed E-state index contributed by atoms with van der Waals surface area (Å²) in [6.07, 6.45) is 20.0. The lowest BCUT2D eigenvalue weighted by Crippen LogP contribution is -2.12. The second-order valence-corrected chi connectivity index (χ2v) is 5.27. The van der Waals surface area contributed by atoms with Gasteiger partial charge in [0.1, 0.15) is 0 Å². The zero-order valence-corrected chi connectivity index (χ0v) is 13.2. The Morgan fingerprint density at radius 3 is 2.14 bits per heavy atom. The average Bonchev–Trinajstić information content (AvgIpc) is 2.43. The van der Waals surface area contributed by atoms with Crippen molar-refractivity contribution in [2.24, 2.45) is 0 Å². The zero-order chi connectivity index (χ0) is 15.8. The van der Waals surface area contributed by atoms with E-state index in [0.29, 0.717) is 6.42 Å². The van der Waals surface area contributed by atoms with E-state index in [1.165, 1.54) is 12.8 Å². The summed E-state index contributed by atoms with van der Waals surface area (Å²) in [7, 11) is 0. The minimum atomic E-state index is -0.930. The van der Waals surface area contributed by atoms with E-state index in [1.807, 2.05) is 6.08 Å². The van der Waals surface area contributed by atoms with E-state index >= 15 is 0 Å². The molecular weight excluding hydrogens is 264 g/mol. The number of carbonyl (C=O) groups is 1. The smallest absolute Gasteiger partial charge is 0.305 e. The summed E-state index contributed by atoms with van der Waals surface area (Å²) in [4.78, 5) is 10.4. The van der Waals surface area contributed by atoms with Crippen molar-refractivity contribution < 1.29 is 15.0 Å². The third-order valence-electron chi connectivity index (χ3n) is 3.15. The molecule has 0 radical (unpaired) electrons. The van der Waals surface area contributed by atoms with Crippen molar-refractivity contribution in [2.75, 3.05) is 0 Å². The number of rotatable bonds is 13. The maximum absolute atomic E-state index is 10.4. The molecule has 0 aromatic heterocycles. The Kier molecular flexibility index (Phi) is 14.1. The van der Waals surface area contributed by atoms with Crippen molar-refractivity contribution in [3.05, 3.63) is 36.5 Å². The van der Waals surface area contributed by atoms with Crippen LogP contribution in [0, 0.1) is 0 Å². The summed E-state index contributed by atoms with van der Waals surface area (Å²) in [5, 5.41) is 17.9. The predicted molar refractivity (Wildman–Crippen MR) is 88.3 cm³/mol. The molecule has 1 unspecified atom stereocenters. The fourth-order valence-corrected chi connectivity index (χ4v) is 1.92. The van der Waals surface area contributed by atoms with Crippen LogP contribution >= 0.6 is 0 Å². The van der Waals surface area contributed by atoms with Gasteiger partial charge in [0.15, 0.2) is 0 Å². The summed E-state index contributed by atoms with van der Waals surface area (Å²) < 4.78 is 0. The number of allylic oxidation sites excluding steroid dienone is 6. The number of aliphatic hydroxyl groups excluding tert-OH is 1. The molecule has 2 N–H and O–H groups in total. The van der Waals surface area contributed by atoms with Gasteiger partial charge in [-0.1, -0.05) is 69.1 Å². The third-order valence-corrected chi connectivity index (χ3v) is 3.15. The molecule has 3 heteroatoms. The van der Waals surface area contributed by atoms with Gasteiger partial charge in [0.05, 0.1) is 12.5 Å². The van der Waals surface area contributed by atoms with E-state index in [4.69, 9.17) is 5.11 Å². The quantitative estimate of drug-likeness (QED) is 0.384. The fraction of sp³-hybridized carbons (Fsp3) is 0.611. The van der Waals surface area contributed by atoms with Crippen molar-refractivity contribution in [1.82, 2.24) is 0 Å². The van der Waals surface area contributed by atoms with Crippen LogP contribution in [0.2, 0.25) is 0 Å². The maximum atomic E-state index is 10.4. The molecule has 0 bridgehead atoms. The maximum Gasteiger partial charge on any atom is 0.305 e. The van der Waals surface area contributed by atoms with E-state index in [2.05, 4.69) is 37.3 Å². The number of hydrogen-bond acceptors (Lipinski definition) is 2. The summed E-state index contributed by atoms with van der Waals surface area (Å²) in [6, 6.07) is 0. The summed E-state index contributed by atoms with van der Waals surface area (Å²) >= 11 is 0. The van der Waals surface area contributed by atoms with Crippen LogP contribution in [-0.2, 0) is 4.79 Å². The highest BCUT2D eigenvalue weighted by Gasteiger charge is 2.08. The Morgan fingerprint density at radius 1 is 0.952 bits per heavy atom. The molecule has 21 heavy (non-hydrogen) atoms. The van der Waals surface area contributed by atoms with Crippen LogP contribution in [-0.4, -0.2) is 22.3 Å². The summed E-state index contributed by atoms with van der Waals surface area (Å²) in [5.74, 6) is -0.930. The van der Waals surface area contributed by atoms with Gasteiger partial charge in [-0.05, 0) is 25.7 Å². The molecule has 0 aliphatic rings. The lowest BCUT2D eigenvalue weighted by atomic mass is 10.1. The second kappa shape index (κ2) is 15.0. The summed E-state index contributed by atoms with van der Waals surface area (Å²) in [5.41, 5.74) is 0. The van der Waals surface area contributed by atoms with E-state index in [1.54, 1.807) is 0 Å². The number of aliphatic hydroxyl groups is 1. The first-order valence-corrected chi connectivity index (χ1v) is 8.05. The SMILES string of the molecule is CCCC/C=C/C=C/C=C/CCCCCC(O)CC(=O)O. The minimum absolute atomic E-state index is 0.142. The van der Waals surface area contributed by atoms with Gasteiger partial charge < -0.3 is 10.2 Å². The van der Waals surface area contributed by atoms with Gasteiger partial charge in [-0.25, -0.2) is 0 Å². The first kappa shape index (κ1) is 19.7. The molecule has 0 heterocycles. The van der Waals surface area contributed by atoms with Crippen LogP contribution in [0.25, 0.3) is 0 Å². The molecule has 0 rings (SSSR count). The van der Waals surface area contributed by atoms with Gasteiger partial charge >= 0.3 is 5.97 Å². The van der Waals surface area contributed by atoms with Crippen LogP contribution in [0.5, 0.6) is 0 Å².